The normalized spacial score (nSPS) is 25.2. The van der Waals surface area contributed by atoms with Gasteiger partial charge in [-0.3, -0.25) is 9.59 Å². The zero-order valence-electron chi connectivity index (χ0n) is 14.2. The molecule has 0 spiro atoms. The lowest BCUT2D eigenvalue weighted by molar-refractivity contribution is -0.149. The number of hydrogen-bond donors (Lipinski definition) is 0. The lowest BCUT2D eigenvalue weighted by atomic mass is 9.99. The molecular weight excluding hydrogens is 310 g/mol. The molecule has 128 valence electrons. The smallest absolute Gasteiger partial charge is 0.417 e. The Bertz CT molecular complexity index is 706. The van der Waals surface area contributed by atoms with Gasteiger partial charge in [-0.25, -0.2) is 9.69 Å². The molecule has 3 atom stereocenters. The van der Waals surface area contributed by atoms with Crippen LogP contribution in [0.4, 0.5) is 4.79 Å². The zero-order chi connectivity index (χ0) is 17.6. The highest BCUT2D eigenvalue weighted by molar-refractivity contribution is 5.95. The van der Waals surface area contributed by atoms with Gasteiger partial charge in [-0.15, -0.1) is 0 Å². The SMILES string of the molecule is CC(=O)O[C@@H]1c2ccccc2[C@@H]2[C@H]1CC(=O)N2C(=O)OC(C)(C)C. The van der Waals surface area contributed by atoms with E-state index in [1.165, 1.54) is 11.8 Å². The molecule has 0 bridgehead atoms. The summed E-state index contributed by atoms with van der Waals surface area (Å²) in [5.74, 6) is -0.976. The van der Waals surface area contributed by atoms with Crippen LogP contribution in [0.2, 0.25) is 0 Å². The molecule has 1 saturated heterocycles. The number of rotatable bonds is 1. The number of hydrogen-bond acceptors (Lipinski definition) is 5. The fraction of sp³-hybridized carbons (Fsp3) is 0.500. The summed E-state index contributed by atoms with van der Waals surface area (Å²) >= 11 is 0. The number of likely N-dealkylation sites (tertiary alicyclic amines) is 1. The van der Waals surface area contributed by atoms with Crippen LogP contribution in [0.25, 0.3) is 0 Å². The number of ether oxygens (including phenoxy) is 2. The van der Waals surface area contributed by atoms with Gasteiger partial charge in [0.25, 0.3) is 0 Å². The van der Waals surface area contributed by atoms with E-state index in [1.807, 2.05) is 24.3 Å². The molecule has 6 nitrogen and oxygen atoms in total. The van der Waals surface area contributed by atoms with Crippen LogP contribution in [-0.4, -0.2) is 28.5 Å². The molecule has 0 N–H and O–H groups in total. The van der Waals surface area contributed by atoms with Crippen molar-refractivity contribution in [3.05, 3.63) is 35.4 Å². The van der Waals surface area contributed by atoms with E-state index in [-0.39, 0.29) is 18.2 Å². The van der Waals surface area contributed by atoms with Gasteiger partial charge in [0.15, 0.2) is 0 Å². The minimum absolute atomic E-state index is 0.149. The Morgan fingerprint density at radius 3 is 2.38 bits per heavy atom. The van der Waals surface area contributed by atoms with Gasteiger partial charge in [-0.2, -0.15) is 0 Å². The summed E-state index contributed by atoms with van der Waals surface area (Å²) in [4.78, 5) is 37.6. The summed E-state index contributed by atoms with van der Waals surface area (Å²) < 4.78 is 10.8. The van der Waals surface area contributed by atoms with E-state index in [9.17, 15) is 14.4 Å². The van der Waals surface area contributed by atoms with Gasteiger partial charge in [0.2, 0.25) is 5.91 Å². The maximum atomic E-state index is 12.5. The van der Waals surface area contributed by atoms with Crippen molar-refractivity contribution in [2.75, 3.05) is 0 Å². The topological polar surface area (TPSA) is 72.9 Å². The van der Waals surface area contributed by atoms with Crippen molar-refractivity contribution >= 4 is 18.0 Å². The van der Waals surface area contributed by atoms with Crippen LogP contribution >= 0.6 is 0 Å². The molecule has 1 aromatic rings. The first kappa shape index (κ1) is 16.5. The number of imide groups is 1. The molecule has 0 aromatic heterocycles. The highest BCUT2D eigenvalue weighted by atomic mass is 16.6. The van der Waals surface area contributed by atoms with Gasteiger partial charge in [0.05, 0.1) is 6.04 Å². The van der Waals surface area contributed by atoms with Crippen molar-refractivity contribution in [1.82, 2.24) is 4.90 Å². The minimum atomic E-state index is -0.692. The first-order valence-corrected chi connectivity index (χ1v) is 8.00. The summed E-state index contributed by atoms with van der Waals surface area (Å²) in [5.41, 5.74) is 0.997. The fourth-order valence-electron chi connectivity index (χ4n) is 3.53. The lowest BCUT2D eigenvalue weighted by Gasteiger charge is -2.27. The van der Waals surface area contributed by atoms with Crippen molar-refractivity contribution in [2.24, 2.45) is 5.92 Å². The molecule has 2 aliphatic rings. The Kier molecular flexibility index (Phi) is 3.86. The third-order valence-corrected chi connectivity index (χ3v) is 4.26. The Hall–Kier alpha value is -2.37. The van der Waals surface area contributed by atoms with Crippen LogP contribution < -0.4 is 0 Å². The second kappa shape index (κ2) is 5.61. The zero-order valence-corrected chi connectivity index (χ0v) is 14.2. The largest absolute Gasteiger partial charge is 0.457 e. The quantitative estimate of drug-likeness (QED) is 0.739. The molecule has 1 aliphatic carbocycles. The minimum Gasteiger partial charge on any atom is -0.457 e. The van der Waals surface area contributed by atoms with Crippen LogP contribution in [0.1, 0.15) is 57.4 Å². The first-order chi connectivity index (χ1) is 11.2. The summed E-state index contributed by atoms with van der Waals surface area (Å²) in [6.07, 6.45) is -1.02. The number of fused-ring (bicyclic) bond motifs is 3. The third-order valence-electron chi connectivity index (χ3n) is 4.26. The van der Waals surface area contributed by atoms with Gasteiger partial charge >= 0.3 is 12.1 Å². The standard InChI is InChI=1S/C18H21NO5/c1-10(20)23-16-12-8-6-5-7-11(12)15-13(16)9-14(21)19(15)17(22)24-18(2,3)4/h5-8,13,15-16H,9H2,1-4H3/t13-,15-,16-/m1/s1. The van der Waals surface area contributed by atoms with Gasteiger partial charge in [-0.1, -0.05) is 24.3 Å². The van der Waals surface area contributed by atoms with Crippen LogP contribution in [0, 0.1) is 5.92 Å². The molecule has 0 saturated carbocycles. The molecule has 2 amide bonds. The van der Waals surface area contributed by atoms with Crippen molar-refractivity contribution in [1.29, 1.82) is 0 Å². The molecule has 0 unspecified atom stereocenters. The van der Waals surface area contributed by atoms with E-state index < -0.39 is 29.8 Å². The fourth-order valence-corrected chi connectivity index (χ4v) is 3.53. The second-order valence-electron chi connectivity index (χ2n) is 7.22. The number of benzene rings is 1. The molecule has 0 radical (unpaired) electrons. The van der Waals surface area contributed by atoms with E-state index in [1.54, 1.807) is 20.8 Å². The third kappa shape index (κ3) is 2.77. The molecule has 3 rings (SSSR count). The van der Waals surface area contributed by atoms with Gasteiger partial charge < -0.3 is 9.47 Å². The maximum absolute atomic E-state index is 12.5. The van der Waals surface area contributed by atoms with E-state index in [0.29, 0.717) is 0 Å². The van der Waals surface area contributed by atoms with E-state index in [0.717, 1.165) is 11.1 Å². The van der Waals surface area contributed by atoms with Crippen molar-refractivity contribution < 1.29 is 23.9 Å². The average molecular weight is 331 g/mol. The highest BCUT2D eigenvalue weighted by Crippen LogP contribution is 2.54. The summed E-state index contributed by atoms with van der Waals surface area (Å²) in [6, 6.07) is 7.00. The predicted molar refractivity (Wildman–Crippen MR) is 84.9 cm³/mol. The van der Waals surface area contributed by atoms with E-state index in [2.05, 4.69) is 0 Å². The average Bonchev–Trinajstić information content (AvgIpc) is 2.92. The second-order valence-corrected chi connectivity index (χ2v) is 7.22. The maximum Gasteiger partial charge on any atom is 0.417 e. The summed E-state index contributed by atoms with van der Waals surface area (Å²) in [7, 11) is 0. The number of nitrogens with zero attached hydrogens (tertiary/aromatic N) is 1. The Labute approximate surface area is 140 Å². The van der Waals surface area contributed by atoms with Crippen LogP contribution in [0.5, 0.6) is 0 Å². The number of carbonyl (C=O) groups is 3. The van der Waals surface area contributed by atoms with E-state index >= 15 is 0 Å². The van der Waals surface area contributed by atoms with Gasteiger partial charge in [0.1, 0.15) is 11.7 Å². The Balaban J connectivity index is 1.98. The molecule has 1 aromatic carbocycles. The van der Waals surface area contributed by atoms with Crippen molar-refractivity contribution in [2.45, 2.75) is 51.9 Å². The van der Waals surface area contributed by atoms with Crippen LogP contribution in [-0.2, 0) is 19.1 Å². The molecule has 6 heteroatoms. The van der Waals surface area contributed by atoms with E-state index in [4.69, 9.17) is 9.47 Å². The molecule has 1 fully saturated rings. The van der Waals surface area contributed by atoms with Crippen molar-refractivity contribution in [3.63, 3.8) is 0 Å². The highest BCUT2D eigenvalue weighted by Gasteiger charge is 2.55. The predicted octanol–water partition coefficient (Wildman–Crippen LogP) is 3.13. The van der Waals surface area contributed by atoms with Crippen LogP contribution in [0.15, 0.2) is 24.3 Å². The molecular formula is C18H21NO5. The number of carbonyl (C=O) groups excluding carboxylic acids is 3. The molecule has 1 heterocycles. The number of amides is 2. The Morgan fingerprint density at radius 2 is 1.79 bits per heavy atom. The molecule has 24 heavy (non-hydrogen) atoms. The Morgan fingerprint density at radius 1 is 1.17 bits per heavy atom. The molecule has 1 aliphatic heterocycles. The van der Waals surface area contributed by atoms with Gasteiger partial charge in [-0.05, 0) is 31.9 Å². The van der Waals surface area contributed by atoms with Gasteiger partial charge in [0, 0.05) is 19.3 Å². The monoisotopic (exact) mass is 331 g/mol. The summed E-state index contributed by atoms with van der Waals surface area (Å²) in [6.45, 7) is 6.62. The van der Waals surface area contributed by atoms with Crippen molar-refractivity contribution in [3.8, 4) is 0 Å². The summed E-state index contributed by atoms with van der Waals surface area (Å²) in [5, 5.41) is 0. The first-order valence-electron chi connectivity index (χ1n) is 8.00. The lowest BCUT2D eigenvalue weighted by Crippen LogP contribution is -2.39. The number of esters is 1. The van der Waals surface area contributed by atoms with Crippen LogP contribution in [0.3, 0.4) is 0 Å².